The number of hydrogen-bond donors (Lipinski definition) is 2. The van der Waals surface area contributed by atoms with Gasteiger partial charge < -0.3 is 19.2 Å². The summed E-state index contributed by atoms with van der Waals surface area (Å²) >= 11 is 0. The summed E-state index contributed by atoms with van der Waals surface area (Å²) in [6.45, 7) is 4.47. The van der Waals surface area contributed by atoms with Gasteiger partial charge in [0.15, 0.2) is 5.76 Å². The zero-order chi connectivity index (χ0) is 15.6. The molecule has 3 heterocycles. The molecule has 1 saturated heterocycles. The van der Waals surface area contributed by atoms with Crippen molar-refractivity contribution < 1.29 is 14.1 Å². The van der Waals surface area contributed by atoms with E-state index < -0.39 is 0 Å². The molecule has 5 heteroatoms. The molecular formula is C18H20N3O2+. The Balaban J connectivity index is 1.39. The Kier molecular flexibility index (Phi) is 3.63. The quantitative estimate of drug-likeness (QED) is 0.766. The molecule has 0 unspecified atom stereocenters. The van der Waals surface area contributed by atoms with Gasteiger partial charge >= 0.3 is 0 Å². The molecule has 5 nitrogen and oxygen atoms in total. The van der Waals surface area contributed by atoms with Gasteiger partial charge in [-0.15, -0.1) is 0 Å². The molecule has 0 aliphatic carbocycles. The molecule has 0 spiro atoms. The molecule has 1 aliphatic heterocycles. The number of aromatic nitrogens is 1. The van der Waals surface area contributed by atoms with E-state index in [1.165, 1.54) is 21.4 Å². The lowest BCUT2D eigenvalue weighted by Crippen LogP contribution is -3.13. The lowest BCUT2D eigenvalue weighted by atomic mass is 10.1. The van der Waals surface area contributed by atoms with Crippen molar-refractivity contribution in [3.63, 3.8) is 0 Å². The Labute approximate surface area is 134 Å². The second kappa shape index (κ2) is 5.93. The van der Waals surface area contributed by atoms with Gasteiger partial charge in [-0.3, -0.25) is 4.79 Å². The first-order chi connectivity index (χ1) is 11.3. The van der Waals surface area contributed by atoms with E-state index in [0.29, 0.717) is 5.76 Å². The van der Waals surface area contributed by atoms with Crippen LogP contribution in [0, 0.1) is 0 Å². The minimum atomic E-state index is 0.00106. The van der Waals surface area contributed by atoms with Crippen molar-refractivity contribution in [1.29, 1.82) is 0 Å². The van der Waals surface area contributed by atoms with Gasteiger partial charge in [-0.05, 0) is 18.2 Å². The van der Waals surface area contributed by atoms with E-state index >= 15 is 0 Å². The van der Waals surface area contributed by atoms with Crippen LogP contribution in [0.5, 0.6) is 0 Å². The van der Waals surface area contributed by atoms with Crippen molar-refractivity contribution >= 4 is 16.8 Å². The lowest BCUT2D eigenvalue weighted by molar-refractivity contribution is -0.917. The number of furan rings is 1. The fraction of sp³-hybridized carbons (Fsp3) is 0.278. The summed E-state index contributed by atoms with van der Waals surface area (Å²) in [5, 5.41) is 1.30. The molecule has 2 N–H and O–H groups in total. The standard InChI is InChI=1S/C18H19N3O2/c22-18(17-6-3-11-23-17)21-9-7-20(8-10-21)13-14-12-19-16-5-2-1-4-15(14)16/h1-6,11-12,19H,7-10,13H2/p+1. The van der Waals surface area contributed by atoms with Crippen LogP contribution in [0.3, 0.4) is 0 Å². The summed E-state index contributed by atoms with van der Waals surface area (Å²) in [6, 6.07) is 11.9. The van der Waals surface area contributed by atoms with E-state index in [0.717, 1.165) is 32.7 Å². The van der Waals surface area contributed by atoms with Gasteiger partial charge in [-0.25, -0.2) is 0 Å². The number of fused-ring (bicyclic) bond motifs is 1. The van der Waals surface area contributed by atoms with E-state index in [1.807, 2.05) is 4.90 Å². The summed E-state index contributed by atoms with van der Waals surface area (Å²) in [5.74, 6) is 0.436. The summed E-state index contributed by atoms with van der Waals surface area (Å²) in [4.78, 5) is 19.0. The van der Waals surface area contributed by atoms with Crippen LogP contribution in [0.2, 0.25) is 0 Å². The number of nitrogens with zero attached hydrogens (tertiary/aromatic N) is 1. The smallest absolute Gasteiger partial charge is 0.289 e. The van der Waals surface area contributed by atoms with Gasteiger partial charge in [0.25, 0.3) is 5.91 Å². The van der Waals surface area contributed by atoms with Crippen LogP contribution < -0.4 is 4.90 Å². The van der Waals surface area contributed by atoms with Gasteiger partial charge in [-0.1, -0.05) is 18.2 Å². The molecule has 1 aliphatic rings. The van der Waals surface area contributed by atoms with E-state index in [1.54, 1.807) is 18.4 Å². The van der Waals surface area contributed by atoms with Crippen molar-refractivity contribution in [3.05, 3.63) is 60.2 Å². The molecule has 118 valence electrons. The highest BCUT2D eigenvalue weighted by atomic mass is 16.3. The van der Waals surface area contributed by atoms with Crippen LogP contribution >= 0.6 is 0 Å². The third-order valence-electron chi connectivity index (χ3n) is 4.61. The average molecular weight is 310 g/mol. The highest BCUT2D eigenvalue weighted by Gasteiger charge is 2.26. The van der Waals surface area contributed by atoms with E-state index in [9.17, 15) is 4.79 Å². The minimum absolute atomic E-state index is 0.00106. The number of carbonyl (C=O) groups excluding carboxylic acids is 1. The van der Waals surface area contributed by atoms with Crippen LogP contribution in [-0.4, -0.2) is 42.0 Å². The summed E-state index contributed by atoms with van der Waals surface area (Å²) < 4.78 is 5.21. The van der Waals surface area contributed by atoms with Gasteiger partial charge in [-0.2, -0.15) is 0 Å². The molecule has 0 bridgehead atoms. The van der Waals surface area contributed by atoms with Crippen LogP contribution in [0.1, 0.15) is 16.1 Å². The zero-order valence-corrected chi connectivity index (χ0v) is 12.9. The van der Waals surface area contributed by atoms with Gasteiger partial charge in [0.05, 0.1) is 32.4 Å². The third-order valence-corrected chi connectivity index (χ3v) is 4.61. The number of benzene rings is 1. The van der Waals surface area contributed by atoms with Crippen LogP contribution in [-0.2, 0) is 6.54 Å². The number of H-pyrrole nitrogens is 1. The Morgan fingerprint density at radius 2 is 2.00 bits per heavy atom. The van der Waals surface area contributed by atoms with Gasteiger partial charge in [0, 0.05) is 22.7 Å². The van der Waals surface area contributed by atoms with Crippen molar-refractivity contribution in [2.24, 2.45) is 0 Å². The maximum atomic E-state index is 12.3. The Morgan fingerprint density at radius 1 is 1.17 bits per heavy atom. The normalized spacial score (nSPS) is 16.1. The summed E-state index contributed by atoms with van der Waals surface area (Å²) in [6.07, 6.45) is 3.66. The highest BCUT2D eigenvalue weighted by Crippen LogP contribution is 2.16. The van der Waals surface area contributed by atoms with E-state index in [2.05, 4.69) is 35.4 Å². The van der Waals surface area contributed by atoms with Crippen molar-refractivity contribution in [1.82, 2.24) is 9.88 Å². The van der Waals surface area contributed by atoms with Crippen molar-refractivity contribution in [2.45, 2.75) is 6.54 Å². The first-order valence-electron chi connectivity index (χ1n) is 8.02. The molecule has 3 aromatic rings. The fourth-order valence-corrected chi connectivity index (χ4v) is 3.31. The topological polar surface area (TPSA) is 53.7 Å². The van der Waals surface area contributed by atoms with Crippen molar-refractivity contribution in [3.8, 4) is 0 Å². The van der Waals surface area contributed by atoms with Crippen molar-refractivity contribution in [2.75, 3.05) is 26.2 Å². The molecule has 0 atom stereocenters. The molecule has 4 rings (SSSR count). The number of aromatic amines is 1. The first-order valence-corrected chi connectivity index (χ1v) is 8.02. The number of piperazine rings is 1. The molecule has 1 aromatic carbocycles. The molecule has 0 saturated carbocycles. The number of carbonyl (C=O) groups is 1. The number of rotatable bonds is 3. The predicted molar refractivity (Wildman–Crippen MR) is 87.3 cm³/mol. The first kappa shape index (κ1) is 14.1. The lowest BCUT2D eigenvalue weighted by Gasteiger charge is -2.31. The molecule has 1 amide bonds. The Bertz CT molecular complexity index is 799. The zero-order valence-electron chi connectivity index (χ0n) is 12.9. The SMILES string of the molecule is O=C(c1ccco1)N1CC[NH+](Cc2c[nH]c3ccccc23)CC1. The molecule has 1 fully saturated rings. The van der Waals surface area contributed by atoms with Gasteiger partial charge in [0.2, 0.25) is 0 Å². The summed E-state index contributed by atoms with van der Waals surface area (Å²) in [5.41, 5.74) is 2.54. The van der Waals surface area contributed by atoms with Crippen LogP contribution in [0.15, 0.2) is 53.3 Å². The maximum absolute atomic E-state index is 12.3. The number of para-hydroxylation sites is 1. The molecular weight excluding hydrogens is 290 g/mol. The predicted octanol–water partition coefficient (Wildman–Crippen LogP) is 1.30. The Hall–Kier alpha value is -2.53. The highest BCUT2D eigenvalue weighted by molar-refractivity contribution is 5.91. The minimum Gasteiger partial charge on any atom is -0.459 e. The average Bonchev–Trinajstić information content (AvgIpc) is 3.25. The number of nitrogens with one attached hydrogen (secondary N) is 2. The van der Waals surface area contributed by atoms with Gasteiger partial charge in [0.1, 0.15) is 6.54 Å². The maximum Gasteiger partial charge on any atom is 0.289 e. The third kappa shape index (κ3) is 2.75. The molecule has 2 aromatic heterocycles. The van der Waals surface area contributed by atoms with E-state index in [-0.39, 0.29) is 5.91 Å². The number of amides is 1. The monoisotopic (exact) mass is 310 g/mol. The number of hydrogen-bond acceptors (Lipinski definition) is 2. The van der Waals surface area contributed by atoms with Crippen LogP contribution in [0.25, 0.3) is 10.9 Å². The molecule has 23 heavy (non-hydrogen) atoms. The summed E-state index contributed by atoms with van der Waals surface area (Å²) in [7, 11) is 0. The second-order valence-corrected chi connectivity index (χ2v) is 6.06. The van der Waals surface area contributed by atoms with Crippen LogP contribution in [0.4, 0.5) is 0 Å². The fourth-order valence-electron chi connectivity index (χ4n) is 3.31. The van der Waals surface area contributed by atoms with E-state index in [4.69, 9.17) is 4.42 Å². The second-order valence-electron chi connectivity index (χ2n) is 6.06. The Morgan fingerprint density at radius 3 is 2.78 bits per heavy atom. The molecule has 0 radical (unpaired) electrons. The number of quaternary nitrogens is 1. The largest absolute Gasteiger partial charge is 0.459 e.